The molecule has 0 N–H and O–H groups in total. The van der Waals surface area contributed by atoms with Crippen molar-refractivity contribution in [2.45, 2.75) is 32.9 Å². The molecule has 3 aromatic rings. The van der Waals surface area contributed by atoms with Crippen LogP contribution in [0.1, 0.15) is 22.5 Å². The van der Waals surface area contributed by atoms with E-state index in [2.05, 4.69) is 9.97 Å². The van der Waals surface area contributed by atoms with Crippen molar-refractivity contribution in [1.82, 2.24) is 9.97 Å². The highest BCUT2D eigenvalue weighted by atomic mass is 19.4. The summed E-state index contributed by atoms with van der Waals surface area (Å²) in [6.45, 7) is 4.65. The van der Waals surface area contributed by atoms with E-state index in [9.17, 15) is 22.0 Å². The maximum absolute atomic E-state index is 14.7. The van der Waals surface area contributed by atoms with Gasteiger partial charge in [0.05, 0.1) is 5.69 Å². The Morgan fingerprint density at radius 1 is 0.759 bits per heavy atom. The molecule has 0 atom stereocenters. The van der Waals surface area contributed by atoms with Gasteiger partial charge in [0, 0.05) is 5.56 Å². The van der Waals surface area contributed by atoms with Gasteiger partial charge in [-0.1, -0.05) is 42.5 Å². The normalized spacial score (nSPS) is 12.1. The lowest BCUT2D eigenvalue weighted by Gasteiger charge is -2.25. The molecule has 0 unspecified atom stereocenters. The van der Waals surface area contributed by atoms with Crippen LogP contribution in [0, 0.1) is 20.8 Å². The van der Waals surface area contributed by atoms with Crippen molar-refractivity contribution in [3.8, 4) is 22.9 Å². The summed E-state index contributed by atoms with van der Waals surface area (Å²) in [5.41, 5.74) is -0.727. The van der Waals surface area contributed by atoms with Crippen molar-refractivity contribution in [1.29, 1.82) is 0 Å². The third kappa shape index (κ3) is 3.92. The average molecular weight is 408 g/mol. The van der Waals surface area contributed by atoms with Crippen molar-refractivity contribution >= 4 is 0 Å². The summed E-state index contributed by atoms with van der Waals surface area (Å²) in [6.07, 6.45) is -5.85. The van der Waals surface area contributed by atoms with Crippen molar-refractivity contribution in [2.24, 2.45) is 0 Å². The van der Waals surface area contributed by atoms with E-state index in [1.807, 2.05) is 0 Å². The summed E-state index contributed by atoms with van der Waals surface area (Å²) in [5.74, 6) is -5.92. The van der Waals surface area contributed by atoms with E-state index >= 15 is 0 Å². The quantitative estimate of drug-likeness (QED) is 0.461. The Labute approximate surface area is 164 Å². The van der Waals surface area contributed by atoms with Gasteiger partial charge in [0.25, 0.3) is 0 Å². The molecule has 29 heavy (non-hydrogen) atoms. The summed E-state index contributed by atoms with van der Waals surface area (Å²) in [6, 6.07) is 12.6. The van der Waals surface area contributed by atoms with Crippen LogP contribution in [0.3, 0.4) is 0 Å². The molecule has 1 aromatic heterocycles. The average Bonchev–Trinajstić information content (AvgIpc) is 2.62. The molecule has 152 valence electrons. The van der Waals surface area contributed by atoms with Crippen LogP contribution in [-0.2, 0) is 5.92 Å². The number of benzene rings is 2. The molecule has 0 fully saturated rings. The number of hydrogen-bond acceptors (Lipinski definition) is 3. The van der Waals surface area contributed by atoms with Gasteiger partial charge >= 0.3 is 12.1 Å². The standard InChI is InChI=1S/C21H17F5N2O/c1-12-8-4-6-10-15(12)18-17(20(22,23)21(24,25)26)19(28-14(3)27-18)29-16-11-7-5-9-13(16)2/h4-11H,1-3H3. The van der Waals surface area contributed by atoms with Gasteiger partial charge in [-0.15, -0.1) is 0 Å². The molecule has 0 radical (unpaired) electrons. The first-order valence-electron chi connectivity index (χ1n) is 8.65. The van der Waals surface area contributed by atoms with E-state index in [4.69, 9.17) is 4.74 Å². The number of hydrogen-bond donors (Lipinski definition) is 0. The number of para-hydroxylation sites is 1. The zero-order chi connectivity index (χ0) is 21.4. The lowest BCUT2D eigenvalue weighted by atomic mass is 9.98. The second-order valence-electron chi connectivity index (χ2n) is 6.55. The minimum Gasteiger partial charge on any atom is -0.438 e. The predicted octanol–water partition coefficient (Wildman–Crippen LogP) is 6.52. The number of aromatic nitrogens is 2. The fourth-order valence-electron chi connectivity index (χ4n) is 2.85. The van der Waals surface area contributed by atoms with Gasteiger partial charge in [-0.3, -0.25) is 0 Å². The number of rotatable bonds is 4. The highest BCUT2D eigenvalue weighted by molar-refractivity contribution is 5.70. The number of alkyl halides is 5. The van der Waals surface area contributed by atoms with Gasteiger partial charge < -0.3 is 4.74 Å². The molecule has 8 heteroatoms. The maximum atomic E-state index is 14.7. The van der Waals surface area contributed by atoms with Crippen LogP contribution >= 0.6 is 0 Å². The van der Waals surface area contributed by atoms with E-state index in [-0.39, 0.29) is 17.1 Å². The van der Waals surface area contributed by atoms with Crippen molar-refractivity contribution in [3.63, 3.8) is 0 Å². The predicted molar refractivity (Wildman–Crippen MR) is 98.1 cm³/mol. The van der Waals surface area contributed by atoms with Crippen LogP contribution in [0.25, 0.3) is 11.3 Å². The highest BCUT2D eigenvalue weighted by Crippen LogP contribution is 2.50. The molecule has 2 aromatic carbocycles. The van der Waals surface area contributed by atoms with Gasteiger partial charge in [-0.05, 0) is 38.0 Å². The van der Waals surface area contributed by atoms with E-state index in [1.165, 1.54) is 25.1 Å². The molecular weight excluding hydrogens is 391 g/mol. The highest BCUT2D eigenvalue weighted by Gasteiger charge is 2.62. The smallest absolute Gasteiger partial charge is 0.438 e. The maximum Gasteiger partial charge on any atom is 0.458 e. The van der Waals surface area contributed by atoms with E-state index in [0.717, 1.165) is 0 Å². The summed E-state index contributed by atoms with van der Waals surface area (Å²) in [7, 11) is 0. The monoisotopic (exact) mass is 408 g/mol. The summed E-state index contributed by atoms with van der Waals surface area (Å²) >= 11 is 0. The summed E-state index contributed by atoms with van der Waals surface area (Å²) < 4.78 is 74.8. The summed E-state index contributed by atoms with van der Waals surface area (Å²) in [4.78, 5) is 7.73. The van der Waals surface area contributed by atoms with E-state index in [0.29, 0.717) is 11.1 Å². The van der Waals surface area contributed by atoms with Crippen LogP contribution in [-0.4, -0.2) is 16.1 Å². The Kier molecular flexibility index (Phi) is 5.30. The van der Waals surface area contributed by atoms with Gasteiger partial charge in [0.2, 0.25) is 5.88 Å². The number of aryl methyl sites for hydroxylation is 3. The Hall–Kier alpha value is -3.03. The fraction of sp³-hybridized carbons (Fsp3) is 0.238. The first kappa shape index (κ1) is 20.7. The molecule has 3 rings (SSSR count). The number of halogens is 5. The van der Waals surface area contributed by atoms with Crippen LogP contribution in [0.2, 0.25) is 0 Å². The van der Waals surface area contributed by atoms with Gasteiger partial charge in [-0.2, -0.15) is 26.9 Å². The zero-order valence-corrected chi connectivity index (χ0v) is 15.8. The van der Waals surface area contributed by atoms with Gasteiger partial charge in [0.1, 0.15) is 17.1 Å². The number of ether oxygens (including phenoxy) is 1. The van der Waals surface area contributed by atoms with Crippen molar-refractivity contribution < 1.29 is 26.7 Å². The Morgan fingerprint density at radius 2 is 1.34 bits per heavy atom. The molecule has 0 saturated carbocycles. The Bertz CT molecular complexity index is 1050. The molecular formula is C21H17F5N2O. The van der Waals surface area contributed by atoms with Crippen LogP contribution in [0.5, 0.6) is 11.6 Å². The minimum absolute atomic E-state index is 0.00793. The van der Waals surface area contributed by atoms with Gasteiger partial charge in [0.15, 0.2) is 0 Å². The second kappa shape index (κ2) is 7.42. The molecule has 0 aliphatic rings. The lowest BCUT2D eigenvalue weighted by molar-refractivity contribution is -0.289. The molecule has 1 heterocycles. The first-order chi connectivity index (χ1) is 13.5. The SMILES string of the molecule is Cc1nc(Oc2ccccc2C)c(C(F)(F)C(F)(F)F)c(-c2ccccc2C)n1. The van der Waals surface area contributed by atoms with Crippen LogP contribution < -0.4 is 4.74 Å². The van der Waals surface area contributed by atoms with Crippen molar-refractivity contribution in [3.05, 3.63) is 71.0 Å². The zero-order valence-electron chi connectivity index (χ0n) is 15.8. The Morgan fingerprint density at radius 3 is 1.93 bits per heavy atom. The van der Waals surface area contributed by atoms with Crippen LogP contribution in [0.15, 0.2) is 48.5 Å². The topological polar surface area (TPSA) is 35.0 Å². The van der Waals surface area contributed by atoms with Gasteiger partial charge in [-0.25, -0.2) is 4.98 Å². The molecule has 0 aliphatic heterocycles. The van der Waals surface area contributed by atoms with Crippen molar-refractivity contribution in [2.75, 3.05) is 0 Å². The molecule has 0 bridgehead atoms. The molecule has 3 nitrogen and oxygen atoms in total. The van der Waals surface area contributed by atoms with Crippen LogP contribution in [0.4, 0.5) is 22.0 Å². The molecule has 0 amide bonds. The molecule has 0 aliphatic carbocycles. The first-order valence-corrected chi connectivity index (χ1v) is 8.65. The Balaban J connectivity index is 2.34. The molecule has 0 saturated heterocycles. The fourth-order valence-corrected chi connectivity index (χ4v) is 2.85. The molecule has 0 spiro atoms. The largest absolute Gasteiger partial charge is 0.458 e. The third-order valence-corrected chi connectivity index (χ3v) is 4.36. The summed E-state index contributed by atoms with van der Waals surface area (Å²) in [5, 5.41) is 0. The van der Waals surface area contributed by atoms with E-state index in [1.54, 1.807) is 44.2 Å². The third-order valence-electron chi connectivity index (χ3n) is 4.36. The number of nitrogens with zero attached hydrogens (tertiary/aromatic N) is 2. The van der Waals surface area contributed by atoms with E-state index < -0.39 is 29.2 Å². The second-order valence-corrected chi connectivity index (χ2v) is 6.55. The minimum atomic E-state index is -5.85. The lowest BCUT2D eigenvalue weighted by Crippen LogP contribution is -2.35.